The van der Waals surface area contributed by atoms with Crippen LogP contribution in [0, 0.1) is 0 Å². The molecule has 0 amide bonds. The molecular weight excluding hydrogens is 294 g/mol. The maximum absolute atomic E-state index is 12.2. The van der Waals surface area contributed by atoms with E-state index in [1.165, 1.54) is 20.2 Å². The van der Waals surface area contributed by atoms with Gasteiger partial charge in [0, 0.05) is 34.9 Å². The number of nitrogens with zero attached hydrogens (tertiary/aromatic N) is 1. The molecule has 0 spiro atoms. The highest BCUT2D eigenvalue weighted by atomic mass is 32.2. The van der Waals surface area contributed by atoms with E-state index in [9.17, 15) is 8.42 Å². The fourth-order valence-corrected chi connectivity index (χ4v) is 2.77. The van der Waals surface area contributed by atoms with Crippen LogP contribution in [0.2, 0.25) is 0 Å². The van der Waals surface area contributed by atoms with Crippen molar-refractivity contribution in [3.05, 3.63) is 18.2 Å². The molecule has 0 aromatic heterocycles. The van der Waals surface area contributed by atoms with Crippen LogP contribution < -0.4 is 11.1 Å². The van der Waals surface area contributed by atoms with Gasteiger partial charge in [0.15, 0.2) is 0 Å². The van der Waals surface area contributed by atoms with Gasteiger partial charge in [-0.3, -0.25) is 0 Å². The molecule has 21 heavy (non-hydrogen) atoms. The molecule has 0 aliphatic carbocycles. The number of hydrogen-bond acceptors (Lipinski definition) is 6. The summed E-state index contributed by atoms with van der Waals surface area (Å²) in [4.78, 5) is 0.0817. The Morgan fingerprint density at radius 2 is 2.00 bits per heavy atom. The molecule has 0 bridgehead atoms. The average Bonchev–Trinajstić information content (AvgIpc) is 2.44. The number of ether oxygens (including phenoxy) is 2. The number of rotatable bonds is 8. The first-order valence-electron chi connectivity index (χ1n) is 6.41. The summed E-state index contributed by atoms with van der Waals surface area (Å²) in [5.41, 5.74) is 6.71. The van der Waals surface area contributed by atoms with E-state index in [0.29, 0.717) is 18.8 Å². The quantitative estimate of drug-likeness (QED) is 0.682. The first-order valence-corrected chi connectivity index (χ1v) is 7.85. The maximum Gasteiger partial charge on any atom is 0.244 e. The summed E-state index contributed by atoms with van der Waals surface area (Å²) in [6.45, 7) is 0.888. The number of nitrogen functional groups attached to an aromatic ring is 1. The minimum Gasteiger partial charge on any atom is -0.396 e. The lowest BCUT2D eigenvalue weighted by atomic mass is 10.2. The van der Waals surface area contributed by atoms with Crippen molar-refractivity contribution in [2.24, 2.45) is 0 Å². The molecule has 1 aromatic rings. The first kappa shape index (κ1) is 17.7. The summed E-state index contributed by atoms with van der Waals surface area (Å²) in [5.74, 6) is 0. The predicted octanol–water partition coefficient (Wildman–Crippen LogP) is 0.592. The van der Waals surface area contributed by atoms with Gasteiger partial charge in [0.1, 0.15) is 4.90 Å². The topological polar surface area (TPSA) is 93.9 Å². The number of nitrogens with one attached hydrogen (secondary N) is 1. The molecule has 8 heteroatoms. The molecule has 7 nitrogen and oxygen atoms in total. The van der Waals surface area contributed by atoms with Crippen LogP contribution in [0.4, 0.5) is 11.4 Å². The highest BCUT2D eigenvalue weighted by Crippen LogP contribution is 2.28. The van der Waals surface area contributed by atoms with Crippen molar-refractivity contribution in [1.82, 2.24) is 4.31 Å². The molecule has 1 rings (SSSR count). The number of anilines is 2. The van der Waals surface area contributed by atoms with Crippen molar-refractivity contribution in [2.75, 3.05) is 52.5 Å². The second kappa shape index (κ2) is 7.60. The van der Waals surface area contributed by atoms with Crippen LogP contribution in [0.3, 0.4) is 0 Å². The van der Waals surface area contributed by atoms with E-state index in [1.807, 2.05) is 0 Å². The zero-order valence-corrected chi connectivity index (χ0v) is 13.6. The third-order valence-corrected chi connectivity index (χ3v) is 4.90. The summed E-state index contributed by atoms with van der Waals surface area (Å²) >= 11 is 0. The molecule has 1 aromatic carbocycles. The molecule has 0 fully saturated rings. The van der Waals surface area contributed by atoms with Crippen LogP contribution in [-0.4, -0.2) is 60.3 Å². The molecule has 0 heterocycles. The molecule has 1 unspecified atom stereocenters. The van der Waals surface area contributed by atoms with Crippen LogP contribution in [0.5, 0.6) is 0 Å². The Kier molecular flexibility index (Phi) is 6.41. The third kappa shape index (κ3) is 4.31. The fraction of sp³-hybridized carbons (Fsp3) is 0.538. The Bertz CT molecular complexity index is 561. The summed E-state index contributed by atoms with van der Waals surface area (Å²) in [6, 6.07) is 4.86. The number of methoxy groups -OCH3 is 2. The molecule has 0 aliphatic rings. The Balaban J connectivity index is 2.97. The van der Waals surface area contributed by atoms with Gasteiger partial charge in [-0.1, -0.05) is 6.07 Å². The molecule has 0 saturated carbocycles. The summed E-state index contributed by atoms with van der Waals surface area (Å²) in [5, 5.41) is 3.09. The average molecular weight is 317 g/mol. The monoisotopic (exact) mass is 317 g/mol. The molecule has 1 atom stereocenters. The first-order chi connectivity index (χ1) is 9.84. The van der Waals surface area contributed by atoms with E-state index < -0.39 is 10.0 Å². The Morgan fingerprint density at radius 1 is 1.33 bits per heavy atom. The van der Waals surface area contributed by atoms with Gasteiger partial charge in [-0.15, -0.1) is 0 Å². The SMILES string of the molecule is COCC(CNc1cccc(S(=O)(=O)N(C)C)c1N)OC. The number of benzene rings is 1. The number of sulfonamides is 1. The van der Waals surface area contributed by atoms with E-state index >= 15 is 0 Å². The largest absolute Gasteiger partial charge is 0.396 e. The smallest absolute Gasteiger partial charge is 0.244 e. The number of para-hydroxylation sites is 1. The van der Waals surface area contributed by atoms with Gasteiger partial charge in [0.05, 0.1) is 24.1 Å². The highest BCUT2D eigenvalue weighted by Gasteiger charge is 2.21. The number of nitrogens with two attached hydrogens (primary N) is 1. The van der Waals surface area contributed by atoms with Crippen LogP contribution >= 0.6 is 0 Å². The van der Waals surface area contributed by atoms with Gasteiger partial charge >= 0.3 is 0 Å². The van der Waals surface area contributed by atoms with Gasteiger partial charge in [-0.05, 0) is 12.1 Å². The second-order valence-electron chi connectivity index (χ2n) is 4.70. The van der Waals surface area contributed by atoms with E-state index in [0.717, 1.165) is 4.31 Å². The lowest BCUT2D eigenvalue weighted by Gasteiger charge is -2.19. The molecule has 0 aliphatic heterocycles. The maximum atomic E-state index is 12.2. The van der Waals surface area contributed by atoms with Gasteiger partial charge in [0.2, 0.25) is 10.0 Å². The molecule has 120 valence electrons. The van der Waals surface area contributed by atoms with Crippen LogP contribution in [-0.2, 0) is 19.5 Å². The van der Waals surface area contributed by atoms with Crippen molar-refractivity contribution < 1.29 is 17.9 Å². The normalized spacial score (nSPS) is 13.4. The predicted molar refractivity (Wildman–Crippen MR) is 82.9 cm³/mol. The minimum absolute atomic E-state index is 0.0817. The highest BCUT2D eigenvalue weighted by molar-refractivity contribution is 7.89. The Labute approximate surface area is 126 Å². The second-order valence-corrected chi connectivity index (χ2v) is 6.82. The van der Waals surface area contributed by atoms with E-state index in [-0.39, 0.29) is 16.7 Å². The summed E-state index contributed by atoms with van der Waals surface area (Å²) in [6.07, 6.45) is -0.150. The zero-order chi connectivity index (χ0) is 16.0. The minimum atomic E-state index is -3.57. The number of hydrogen-bond donors (Lipinski definition) is 2. The summed E-state index contributed by atoms with van der Waals surface area (Å²) < 4.78 is 35.7. The van der Waals surface area contributed by atoms with Gasteiger partial charge < -0.3 is 20.5 Å². The van der Waals surface area contributed by atoms with Gasteiger partial charge in [0.25, 0.3) is 0 Å². The molecule has 0 saturated heterocycles. The van der Waals surface area contributed by atoms with E-state index in [2.05, 4.69) is 5.32 Å². The third-order valence-electron chi connectivity index (χ3n) is 3.03. The van der Waals surface area contributed by atoms with Crippen molar-refractivity contribution in [3.8, 4) is 0 Å². The Morgan fingerprint density at radius 3 is 2.52 bits per heavy atom. The van der Waals surface area contributed by atoms with Crippen LogP contribution in [0.25, 0.3) is 0 Å². The molecular formula is C13H23N3O4S. The van der Waals surface area contributed by atoms with Crippen molar-refractivity contribution in [1.29, 1.82) is 0 Å². The lowest BCUT2D eigenvalue weighted by Crippen LogP contribution is -2.27. The lowest BCUT2D eigenvalue weighted by molar-refractivity contribution is 0.0366. The fourth-order valence-electron chi connectivity index (χ4n) is 1.74. The van der Waals surface area contributed by atoms with Crippen LogP contribution in [0.15, 0.2) is 23.1 Å². The van der Waals surface area contributed by atoms with E-state index in [1.54, 1.807) is 26.4 Å². The zero-order valence-electron chi connectivity index (χ0n) is 12.8. The van der Waals surface area contributed by atoms with Crippen molar-refractivity contribution in [2.45, 2.75) is 11.0 Å². The molecule has 0 radical (unpaired) electrons. The van der Waals surface area contributed by atoms with Gasteiger partial charge in [-0.2, -0.15) is 0 Å². The Hall–Kier alpha value is -1.35. The van der Waals surface area contributed by atoms with Crippen molar-refractivity contribution >= 4 is 21.4 Å². The van der Waals surface area contributed by atoms with Gasteiger partial charge in [-0.25, -0.2) is 12.7 Å². The standard InChI is InChI=1S/C13H23N3O4S/c1-16(2)21(17,18)12-7-5-6-11(13(12)14)15-8-10(20-4)9-19-3/h5-7,10,15H,8-9,14H2,1-4H3. The summed E-state index contributed by atoms with van der Waals surface area (Å²) in [7, 11) is 2.53. The van der Waals surface area contributed by atoms with Crippen molar-refractivity contribution in [3.63, 3.8) is 0 Å². The van der Waals surface area contributed by atoms with E-state index in [4.69, 9.17) is 15.2 Å². The van der Waals surface area contributed by atoms with Crippen LogP contribution in [0.1, 0.15) is 0 Å². The molecule has 3 N–H and O–H groups in total.